The lowest BCUT2D eigenvalue weighted by molar-refractivity contribution is 1.07. The summed E-state index contributed by atoms with van der Waals surface area (Å²) in [6.45, 7) is 2.56. The summed E-state index contributed by atoms with van der Waals surface area (Å²) in [6.07, 6.45) is 5.32. The maximum absolute atomic E-state index is 6.18. The van der Waals surface area contributed by atoms with Crippen LogP contribution in [0.4, 0.5) is 17.3 Å². The maximum Gasteiger partial charge on any atom is 0.133 e. The van der Waals surface area contributed by atoms with Gasteiger partial charge in [-0.05, 0) is 53.8 Å². The van der Waals surface area contributed by atoms with Crippen LogP contribution in [0.5, 0.6) is 0 Å². The van der Waals surface area contributed by atoms with Gasteiger partial charge >= 0.3 is 0 Å². The zero-order chi connectivity index (χ0) is 18.8. The molecular formula is C21H20N6. The molecule has 6 nitrogen and oxygen atoms in total. The third-order valence-corrected chi connectivity index (χ3v) is 4.52. The molecule has 0 bridgehead atoms. The summed E-state index contributed by atoms with van der Waals surface area (Å²) < 4.78 is 0. The van der Waals surface area contributed by atoms with E-state index in [1.807, 2.05) is 55.6 Å². The average molecular weight is 356 g/mol. The number of rotatable bonds is 4. The van der Waals surface area contributed by atoms with Crippen LogP contribution < -0.4 is 16.8 Å². The van der Waals surface area contributed by atoms with Crippen LogP contribution in [0.1, 0.15) is 11.1 Å². The molecule has 0 fully saturated rings. The van der Waals surface area contributed by atoms with Gasteiger partial charge in [-0.1, -0.05) is 12.1 Å². The van der Waals surface area contributed by atoms with Crippen molar-refractivity contribution in [3.63, 3.8) is 0 Å². The molecule has 0 aliphatic rings. The topological polar surface area (TPSA) is 103 Å². The zero-order valence-electron chi connectivity index (χ0n) is 15.0. The van der Waals surface area contributed by atoms with Crippen LogP contribution in [0.25, 0.3) is 22.0 Å². The van der Waals surface area contributed by atoms with Gasteiger partial charge in [0, 0.05) is 41.8 Å². The van der Waals surface area contributed by atoms with E-state index in [1.54, 1.807) is 12.4 Å². The summed E-state index contributed by atoms with van der Waals surface area (Å²) in [7, 11) is 0. The molecular weight excluding hydrogens is 336 g/mol. The number of nitrogens with zero attached hydrogens (tertiary/aromatic N) is 3. The Bertz CT molecular complexity index is 1110. The van der Waals surface area contributed by atoms with E-state index in [0.717, 1.165) is 44.7 Å². The quantitative estimate of drug-likeness (QED) is 0.514. The smallest absolute Gasteiger partial charge is 0.133 e. The molecule has 0 saturated carbocycles. The Morgan fingerprint density at radius 3 is 2.59 bits per heavy atom. The van der Waals surface area contributed by atoms with Gasteiger partial charge in [-0.2, -0.15) is 0 Å². The summed E-state index contributed by atoms with van der Waals surface area (Å²) in [5.41, 5.74) is 16.7. The SMILES string of the molecule is Cc1ccncc1-c1cc2cc(Nc3ccc(CN)cc3)ncc2c(N)n1. The van der Waals surface area contributed by atoms with Crippen molar-refractivity contribution in [1.29, 1.82) is 0 Å². The Morgan fingerprint density at radius 2 is 1.85 bits per heavy atom. The first-order valence-corrected chi connectivity index (χ1v) is 8.67. The van der Waals surface area contributed by atoms with Gasteiger partial charge in [0.05, 0.1) is 5.69 Å². The molecule has 134 valence electrons. The highest BCUT2D eigenvalue weighted by atomic mass is 15.0. The normalized spacial score (nSPS) is 10.9. The molecule has 4 rings (SSSR count). The Morgan fingerprint density at radius 1 is 1.04 bits per heavy atom. The molecule has 0 aliphatic carbocycles. The van der Waals surface area contributed by atoms with Crippen LogP contribution in [-0.4, -0.2) is 15.0 Å². The summed E-state index contributed by atoms with van der Waals surface area (Å²) in [6, 6.07) is 13.9. The highest BCUT2D eigenvalue weighted by Crippen LogP contribution is 2.29. The van der Waals surface area contributed by atoms with Crippen LogP contribution in [0, 0.1) is 6.92 Å². The molecule has 0 saturated heterocycles. The van der Waals surface area contributed by atoms with Crippen LogP contribution in [0.3, 0.4) is 0 Å². The van der Waals surface area contributed by atoms with Gasteiger partial charge in [-0.15, -0.1) is 0 Å². The van der Waals surface area contributed by atoms with Gasteiger partial charge in [0.25, 0.3) is 0 Å². The van der Waals surface area contributed by atoms with E-state index >= 15 is 0 Å². The van der Waals surface area contributed by atoms with E-state index in [-0.39, 0.29) is 0 Å². The molecule has 4 aromatic rings. The van der Waals surface area contributed by atoms with Crippen molar-refractivity contribution >= 4 is 28.1 Å². The minimum atomic E-state index is 0.456. The Balaban J connectivity index is 1.73. The van der Waals surface area contributed by atoms with Crippen molar-refractivity contribution in [1.82, 2.24) is 15.0 Å². The van der Waals surface area contributed by atoms with E-state index in [4.69, 9.17) is 11.5 Å². The van der Waals surface area contributed by atoms with Gasteiger partial charge < -0.3 is 16.8 Å². The number of nitrogens with one attached hydrogen (secondary N) is 1. The fraction of sp³-hybridized carbons (Fsp3) is 0.0952. The molecule has 3 aromatic heterocycles. The molecule has 0 amide bonds. The lowest BCUT2D eigenvalue weighted by atomic mass is 10.1. The van der Waals surface area contributed by atoms with Crippen molar-refractivity contribution < 1.29 is 0 Å². The van der Waals surface area contributed by atoms with Gasteiger partial charge in [0.2, 0.25) is 0 Å². The van der Waals surface area contributed by atoms with Gasteiger partial charge in [0.15, 0.2) is 0 Å². The van der Waals surface area contributed by atoms with Crippen molar-refractivity contribution in [3.8, 4) is 11.3 Å². The number of hydrogen-bond acceptors (Lipinski definition) is 6. The number of pyridine rings is 3. The number of fused-ring (bicyclic) bond motifs is 1. The predicted molar refractivity (Wildman–Crippen MR) is 110 cm³/mol. The molecule has 0 radical (unpaired) electrons. The monoisotopic (exact) mass is 356 g/mol. The molecule has 27 heavy (non-hydrogen) atoms. The van der Waals surface area contributed by atoms with Crippen LogP contribution in [0.15, 0.2) is 61.1 Å². The van der Waals surface area contributed by atoms with E-state index in [0.29, 0.717) is 12.4 Å². The first-order chi connectivity index (χ1) is 13.1. The predicted octanol–water partition coefficient (Wildman–Crippen LogP) is 3.78. The summed E-state index contributed by atoms with van der Waals surface area (Å²) in [4.78, 5) is 13.2. The molecule has 5 N–H and O–H groups in total. The number of nitrogen functional groups attached to an aromatic ring is 1. The number of aryl methyl sites for hydroxylation is 1. The Hall–Kier alpha value is -3.51. The fourth-order valence-electron chi connectivity index (χ4n) is 2.98. The van der Waals surface area contributed by atoms with Crippen molar-refractivity contribution in [3.05, 3.63) is 72.2 Å². The van der Waals surface area contributed by atoms with E-state index in [2.05, 4.69) is 20.3 Å². The summed E-state index contributed by atoms with van der Waals surface area (Å²) in [5, 5.41) is 5.10. The number of anilines is 3. The van der Waals surface area contributed by atoms with E-state index in [1.165, 1.54) is 0 Å². The van der Waals surface area contributed by atoms with Gasteiger partial charge in [0.1, 0.15) is 11.6 Å². The van der Waals surface area contributed by atoms with Crippen molar-refractivity contribution in [2.24, 2.45) is 5.73 Å². The first-order valence-electron chi connectivity index (χ1n) is 8.67. The van der Waals surface area contributed by atoms with Crippen LogP contribution in [-0.2, 0) is 6.54 Å². The molecule has 0 unspecified atom stereocenters. The second-order valence-electron chi connectivity index (χ2n) is 6.40. The third kappa shape index (κ3) is 3.43. The second kappa shape index (κ2) is 7.01. The number of nitrogens with two attached hydrogens (primary N) is 2. The number of benzene rings is 1. The highest BCUT2D eigenvalue weighted by molar-refractivity contribution is 5.94. The molecule has 0 aliphatic heterocycles. The standard InChI is InChI=1S/C21H20N6/c1-13-6-7-24-11-17(13)19-8-15-9-20(25-12-18(15)21(23)27-19)26-16-4-2-14(10-22)3-5-16/h2-9,11-12H,10,22H2,1H3,(H2,23,27)(H,25,26). The second-order valence-corrected chi connectivity index (χ2v) is 6.40. The van der Waals surface area contributed by atoms with Crippen molar-refractivity contribution in [2.75, 3.05) is 11.1 Å². The highest BCUT2D eigenvalue weighted by Gasteiger charge is 2.09. The van der Waals surface area contributed by atoms with Crippen LogP contribution in [0.2, 0.25) is 0 Å². The Kier molecular flexibility index (Phi) is 4.40. The fourth-order valence-corrected chi connectivity index (χ4v) is 2.98. The molecule has 0 spiro atoms. The van der Waals surface area contributed by atoms with Gasteiger partial charge in [-0.25, -0.2) is 9.97 Å². The zero-order valence-corrected chi connectivity index (χ0v) is 15.0. The minimum absolute atomic E-state index is 0.456. The summed E-state index contributed by atoms with van der Waals surface area (Å²) in [5.74, 6) is 1.19. The van der Waals surface area contributed by atoms with Crippen LogP contribution >= 0.6 is 0 Å². The number of aromatic nitrogens is 3. The Labute approximate surface area is 157 Å². The van der Waals surface area contributed by atoms with Gasteiger partial charge in [-0.3, -0.25) is 4.98 Å². The van der Waals surface area contributed by atoms with E-state index in [9.17, 15) is 0 Å². The van der Waals surface area contributed by atoms with Crippen molar-refractivity contribution in [2.45, 2.75) is 13.5 Å². The molecule has 6 heteroatoms. The summed E-state index contributed by atoms with van der Waals surface area (Å²) >= 11 is 0. The molecule has 1 aromatic carbocycles. The molecule has 3 heterocycles. The largest absolute Gasteiger partial charge is 0.383 e. The lowest BCUT2D eigenvalue weighted by Gasteiger charge is -2.10. The lowest BCUT2D eigenvalue weighted by Crippen LogP contribution is -1.99. The third-order valence-electron chi connectivity index (χ3n) is 4.52. The molecule has 0 atom stereocenters. The average Bonchev–Trinajstić information content (AvgIpc) is 2.68. The first kappa shape index (κ1) is 16.9. The minimum Gasteiger partial charge on any atom is -0.383 e. The number of hydrogen-bond donors (Lipinski definition) is 3. The maximum atomic E-state index is 6.18. The van der Waals surface area contributed by atoms with E-state index < -0.39 is 0 Å².